The highest BCUT2D eigenvalue weighted by Crippen LogP contribution is 2.36. The number of carbonyl (C=O) groups excluding carboxylic acids is 2. The van der Waals surface area contributed by atoms with Crippen molar-refractivity contribution in [3.05, 3.63) is 77.9 Å². The Kier molecular flexibility index (Phi) is 8.10. The molecule has 1 aliphatic rings. The number of anilines is 2. The maximum Gasteiger partial charge on any atom is 0.267 e. The normalized spacial score (nSPS) is 14.6. The summed E-state index contributed by atoms with van der Waals surface area (Å²) < 4.78 is 17.4. The van der Waals surface area contributed by atoms with Gasteiger partial charge in [-0.3, -0.25) is 9.59 Å². The molecule has 1 atom stereocenters. The summed E-state index contributed by atoms with van der Waals surface area (Å²) in [6, 6.07) is 21.0. The molecule has 0 bridgehead atoms. The van der Waals surface area contributed by atoms with Crippen LogP contribution in [0.15, 0.2) is 66.7 Å². The first-order valence-electron chi connectivity index (χ1n) is 12.2. The van der Waals surface area contributed by atoms with Crippen LogP contribution in [0.25, 0.3) is 0 Å². The fourth-order valence-electron chi connectivity index (χ4n) is 3.96. The highest BCUT2D eigenvalue weighted by molar-refractivity contribution is 6.00. The number of nitrogens with one attached hydrogen (secondary N) is 1. The van der Waals surface area contributed by atoms with Crippen molar-refractivity contribution < 1.29 is 23.8 Å². The van der Waals surface area contributed by atoms with Crippen molar-refractivity contribution in [2.45, 2.75) is 39.7 Å². The lowest BCUT2D eigenvalue weighted by molar-refractivity contribution is -0.125. The largest absolute Gasteiger partial charge is 0.494 e. The molecule has 7 nitrogen and oxygen atoms in total. The monoisotopic (exact) mass is 488 g/mol. The Morgan fingerprint density at radius 2 is 1.72 bits per heavy atom. The van der Waals surface area contributed by atoms with Crippen molar-refractivity contribution in [2.24, 2.45) is 0 Å². The highest BCUT2D eigenvalue weighted by atomic mass is 16.5. The third-order valence-electron chi connectivity index (χ3n) is 5.86. The zero-order valence-corrected chi connectivity index (χ0v) is 21.0. The summed E-state index contributed by atoms with van der Waals surface area (Å²) in [5.41, 5.74) is 3.57. The zero-order chi connectivity index (χ0) is 25.5. The maximum atomic E-state index is 12.8. The van der Waals surface area contributed by atoms with Crippen molar-refractivity contribution in [2.75, 3.05) is 30.0 Å². The van der Waals surface area contributed by atoms with Crippen LogP contribution in [0.3, 0.4) is 0 Å². The van der Waals surface area contributed by atoms with Gasteiger partial charge >= 0.3 is 0 Å². The molecular formula is C29H32N2O5. The van der Waals surface area contributed by atoms with Crippen LogP contribution < -0.4 is 24.4 Å². The zero-order valence-electron chi connectivity index (χ0n) is 21.0. The number of rotatable bonds is 10. The van der Waals surface area contributed by atoms with E-state index in [9.17, 15) is 9.59 Å². The van der Waals surface area contributed by atoms with Crippen LogP contribution >= 0.6 is 0 Å². The third-order valence-corrected chi connectivity index (χ3v) is 5.86. The van der Waals surface area contributed by atoms with Gasteiger partial charge in [-0.15, -0.1) is 0 Å². The van der Waals surface area contributed by atoms with E-state index in [1.54, 1.807) is 30.0 Å². The summed E-state index contributed by atoms with van der Waals surface area (Å²) in [6.45, 7) is 6.95. The standard InChI is InChI=1S/C29H32N2O5/c1-20-9-12-24(13-10-20)34-16-5-8-28(32)30-23-11-14-26-27(19-23)36-22(3)29(33)31(26)15-17-35-25-7-4-6-21(2)18-25/h4,6-7,9-14,18-19,22H,5,8,15-17H2,1-3H3,(H,30,32). The molecule has 1 aliphatic heterocycles. The molecule has 0 aromatic heterocycles. The van der Waals surface area contributed by atoms with Crippen LogP contribution in [0, 0.1) is 13.8 Å². The minimum Gasteiger partial charge on any atom is -0.494 e. The summed E-state index contributed by atoms with van der Waals surface area (Å²) >= 11 is 0. The molecule has 0 fully saturated rings. The summed E-state index contributed by atoms with van der Waals surface area (Å²) in [5, 5.41) is 2.91. The van der Waals surface area contributed by atoms with Crippen molar-refractivity contribution >= 4 is 23.2 Å². The smallest absolute Gasteiger partial charge is 0.267 e. The topological polar surface area (TPSA) is 77.1 Å². The minimum atomic E-state index is -0.624. The average molecular weight is 489 g/mol. The van der Waals surface area contributed by atoms with E-state index in [1.165, 1.54) is 5.56 Å². The third kappa shape index (κ3) is 6.56. The van der Waals surface area contributed by atoms with Gasteiger partial charge in [0, 0.05) is 18.2 Å². The molecule has 3 aromatic rings. The molecule has 0 radical (unpaired) electrons. The van der Waals surface area contributed by atoms with Crippen molar-refractivity contribution in [1.82, 2.24) is 0 Å². The van der Waals surface area contributed by atoms with E-state index in [4.69, 9.17) is 14.2 Å². The predicted molar refractivity (Wildman–Crippen MR) is 140 cm³/mol. The fourth-order valence-corrected chi connectivity index (χ4v) is 3.96. The molecule has 2 amide bonds. The Balaban J connectivity index is 1.30. The number of amides is 2. The number of fused-ring (bicyclic) bond motifs is 1. The lowest BCUT2D eigenvalue weighted by Gasteiger charge is -2.33. The molecule has 1 heterocycles. The van der Waals surface area contributed by atoms with Crippen LogP contribution in [0.4, 0.5) is 11.4 Å². The number of aryl methyl sites for hydroxylation is 2. The number of ether oxygens (including phenoxy) is 3. The van der Waals surface area contributed by atoms with Gasteiger partial charge in [0.2, 0.25) is 5.91 Å². The first-order chi connectivity index (χ1) is 17.4. The fraction of sp³-hybridized carbons (Fsp3) is 0.310. The number of hydrogen-bond donors (Lipinski definition) is 1. The molecule has 0 spiro atoms. The van der Waals surface area contributed by atoms with Gasteiger partial charge < -0.3 is 24.4 Å². The highest BCUT2D eigenvalue weighted by Gasteiger charge is 2.31. The van der Waals surface area contributed by atoms with Crippen molar-refractivity contribution in [3.63, 3.8) is 0 Å². The second-order valence-corrected chi connectivity index (χ2v) is 8.91. The van der Waals surface area contributed by atoms with Gasteiger partial charge in [-0.1, -0.05) is 29.8 Å². The number of benzene rings is 3. The molecule has 4 rings (SSSR count). The molecule has 0 saturated heterocycles. The molecule has 7 heteroatoms. The average Bonchev–Trinajstić information content (AvgIpc) is 2.85. The van der Waals surface area contributed by atoms with Crippen LogP contribution in [0.5, 0.6) is 17.2 Å². The summed E-state index contributed by atoms with van der Waals surface area (Å²) in [7, 11) is 0. The van der Waals surface area contributed by atoms with E-state index in [1.807, 2.05) is 62.4 Å². The first-order valence-corrected chi connectivity index (χ1v) is 12.2. The van der Waals surface area contributed by atoms with Crippen LogP contribution in [0.2, 0.25) is 0 Å². The second kappa shape index (κ2) is 11.6. The van der Waals surface area contributed by atoms with Crippen molar-refractivity contribution in [3.8, 4) is 17.2 Å². The first kappa shape index (κ1) is 25.1. The Labute approximate surface area is 212 Å². The summed E-state index contributed by atoms with van der Waals surface area (Å²) in [5.74, 6) is 1.89. The molecule has 188 valence electrons. The molecule has 1 unspecified atom stereocenters. The van der Waals surface area contributed by atoms with Gasteiger partial charge in [-0.2, -0.15) is 0 Å². The molecule has 1 N–H and O–H groups in total. The van der Waals surface area contributed by atoms with Gasteiger partial charge in [-0.25, -0.2) is 0 Å². The Morgan fingerprint density at radius 1 is 0.944 bits per heavy atom. The quantitative estimate of drug-likeness (QED) is 0.392. The van der Waals surface area contributed by atoms with Gasteiger partial charge in [0.25, 0.3) is 5.91 Å². The van der Waals surface area contributed by atoms with Gasteiger partial charge in [-0.05, 0) is 69.2 Å². The molecule has 36 heavy (non-hydrogen) atoms. The van der Waals surface area contributed by atoms with E-state index >= 15 is 0 Å². The van der Waals surface area contributed by atoms with E-state index in [-0.39, 0.29) is 11.8 Å². The van der Waals surface area contributed by atoms with Crippen LogP contribution in [-0.2, 0) is 9.59 Å². The van der Waals surface area contributed by atoms with E-state index in [0.29, 0.717) is 49.7 Å². The van der Waals surface area contributed by atoms with Crippen molar-refractivity contribution in [1.29, 1.82) is 0 Å². The van der Waals surface area contributed by atoms with E-state index in [2.05, 4.69) is 5.32 Å². The van der Waals surface area contributed by atoms with E-state index < -0.39 is 6.10 Å². The lowest BCUT2D eigenvalue weighted by Crippen LogP contribution is -2.46. The van der Waals surface area contributed by atoms with Gasteiger partial charge in [0.15, 0.2) is 6.10 Å². The number of nitrogens with zero attached hydrogens (tertiary/aromatic N) is 1. The minimum absolute atomic E-state index is 0.106. The summed E-state index contributed by atoms with van der Waals surface area (Å²) in [4.78, 5) is 26.9. The molecule has 0 saturated carbocycles. The van der Waals surface area contributed by atoms with E-state index in [0.717, 1.165) is 17.1 Å². The Bertz CT molecular complexity index is 1210. The second-order valence-electron chi connectivity index (χ2n) is 8.91. The SMILES string of the molecule is Cc1ccc(OCCCC(=O)Nc2ccc3c(c2)OC(C)C(=O)N3CCOc2cccc(C)c2)cc1. The Morgan fingerprint density at radius 3 is 2.50 bits per heavy atom. The summed E-state index contributed by atoms with van der Waals surface area (Å²) in [6.07, 6.45) is 0.309. The van der Waals surface area contributed by atoms with Crippen LogP contribution in [-0.4, -0.2) is 37.7 Å². The van der Waals surface area contributed by atoms with Gasteiger partial charge in [0.1, 0.15) is 23.9 Å². The number of hydrogen-bond acceptors (Lipinski definition) is 5. The number of carbonyl (C=O) groups is 2. The lowest BCUT2D eigenvalue weighted by atomic mass is 10.1. The molecule has 0 aliphatic carbocycles. The predicted octanol–water partition coefficient (Wildman–Crippen LogP) is 5.29. The molecule has 3 aromatic carbocycles. The maximum absolute atomic E-state index is 12.8. The van der Waals surface area contributed by atoms with Gasteiger partial charge in [0.05, 0.1) is 18.8 Å². The Hall–Kier alpha value is -4.00. The molecular weight excluding hydrogens is 456 g/mol. The van der Waals surface area contributed by atoms with Crippen LogP contribution in [0.1, 0.15) is 30.9 Å².